The van der Waals surface area contributed by atoms with E-state index in [-0.39, 0.29) is 26.4 Å². The summed E-state index contributed by atoms with van der Waals surface area (Å²) in [5.74, 6) is 0. The molecule has 0 aromatic rings. The van der Waals surface area contributed by atoms with E-state index >= 15 is 0 Å². The van der Waals surface area contributed by atoms with Crippen LogP contribution in [0.15, 0.2) is 24.3 Å². The average Bonchev–Trinajstić information content (AvgIpc) is 2.52. The van der Waals surface area contributed by atoms with Gasteiger partial charge in [0, 0.05) is 0 Å². The van der Waals surface area contributed by atoms with Crippen molar-refractivity contribution in [2.75, 3.05) is 39.6 Å². The van der Waals surface area contributed by atoms with Crippen molar-refractivity contribution >= 4 is 0 Å². The molecule has 0 heterocycles. The molecule has 0 amide bonds. The van der Waals surface area contributed by atoms with Gasteiger partial charge in [0.05, 0.1) is 39.6 Å². The molecule has 0 saturated carbocycles. The molecule has 0 saturated heterocycles. The Kier molecular flexibility index (Phi) is 7.60. The van der Waals surface area contributed by atoms with Gasteiger partial charge < -0.3 is 40.1 Å². The minimum atomic E-state index is -1.66. The zero-order chi connectivity index (χ0) is 16.6. The lowest BCUT2D eigenvalue weighted by molar-refractivity contribution is -0.101. The van der Waals surface area contributed by atoms with Gasteiger partial charge in [-0.15, -0.1) is 0 Å². The SMILES string of the molecule is OCCOC(CO)C1(O)C=CC(O)(C(CO)OCCO)C=C1. The fraction of sp³-hybridized carbons (Fsp3) is 0.714. The smallest absolute Gasteiger partial charge is 0.129 e. The van der Waals surface area contributed by atoms with E-state index in [9.17, 15) is 20.4 Å². The van der Waals surface area contributed by atoms with E-state index < -0.39 is 36.6 Å². The first-order valence-electron chi connectivity index (χ1n) is 6.98. The topological polar surface area (TPSA) is 140 Å². The minimum Gasteiger partial charge on any atom is -0.394 e. The van der Waals surface area contributed by atoms with E-state index in [0.717, 1.165) is 0 Å². The van der Waals surface area contributed by atoms with Crippen LogP contribution < -0.4 is 0 Å². The number of rotatable bonds is 10. The van der Waals surface area contributed by atoms with Crippen molar-refractivity contribution in [3.63, 3.8) is 0 Å². The second-order valence-corrected chi connectivity index (χ2v) is 4.97. The highest BCUT2D eigenvalue weighted by Crippen LogP contribution is 2.29. The Morgan fingerprint density at radius 3 is 1.23 bits per heavy atom. The molecule has 0 radical (unpaired) electrons. The van der Waals surface area contributed by atoms with Crippen molar-refractivity contribution in [3.8, 4) is 0 Å². The first-order valence-corrected chi connectivity index (χ1v) is 6.98. The van der Waals surface area contributed by atoms with Gasteiger partial charge in [-0.05, 0) is 24.3 Å². The van der Waals surface area contributed by atoms with E-state index in [4.69, 9.17) is 19.7 Å². The van der Waals surface area contributed by atoms with Crippen molar-refractivity contribution in [3.05, 3.63) is 24.3 Å². The van der Waals surface area contributed by atoms with Gasteiger partial charge in [-0.25, -0.2) is 0 Å². The normalized spacial score (nSPS) is 30.5. The second-order valence-electron chi connectivity index (χ2n) is 4.97. The predicted octanol–water partition coefficient (Wildman–Crippen LogP) is -2.69. The maximum atomic E-state index is 10.4. The Bertz CT molecular complexity index is 333. The molecule has 128 valence electrons. The van der Waals surface area contributed by atoms with E-state index in [2.05, 4.69) is 0 Å². The van der Waals surface area contributed by atoms with Crippen molar-refractivity contribution in [2.45, 2.75) is 23.4 Å². The summed E-state index contributed by atoms with van der Waals surface area (Å²) in [5.41, 5.74) is -3.32. The standard InChI is InChI=1S/C14H24O8/c15-5-7-21-11(9-17)13(19)1-2-14(20,4-3-13)12(10-18)22-8-6-16/h1-4,11-12,15-20H,5-10H2. The number of ether oxygens (including phenoxy) is 2. The van der Waals surface area contributed by atoms with Gasteiger partial charge in [-0.2, -0.15) is 0 Å². The largest absolute Gasteiger partial charge is 0.394 e. The third kappa shape index (κ3) is 4.58. The highest BCUT2D eigenvalue weighted by Gasteiger charge is 2.41. The molecule has 0 aromatic heterocycles. The van der Waals surface area contributed by atoms with Crippen molar-refractivity contribution < 1.29 is 40.1 Å². The van der Waals surface area contributed by atoms with Gasteiger partial charge in [0.1, 0.15) is 23.4 Å². The van der Waals surface area contributed by atoms with E-state index in [1.165, 1.54) is 24.3 Å². The summed E-state index contributed by atoms with van der Waals surface area (Å²) >= 11 is 0. The Labute approximate surface area is 128 Å². The molecule has 0 aromatic carbocycles. The number of hydrogen-bond acceptors (Lipinski definition) is 8. The Morgan fingerprint density at radius 2 is 1.00 bits per heavy atom. The summed E-state index contributed by atoms with van der Waals surface area (Å²) < 4.78 is 10.3. The van der Waals surface area contributed by atoms with Crippen LogP contribution in [0.4, 0.5) is 0 Å². The molecule has 2 unspecified atom stereocenters. The van der Waals surface area contributed by atoms with Crippen LogP contribution >= 0.6 is 0 Å². The lowest BCUT2D eigenvalue weighted by Gasteiger charge is -2.37. The minimum absolute atomic E-state index is 0.0572. The average molecular weight is 320 g/mol. The van der Waals surface area contributed by atoms with Crippen LogP contribution in [0.1, 0.15) is 0 Å². The summed E-state index contributed by atoms with van der Waals surface area (Å²) in [7, 11) is 0. The van der Waals surface area contributed by atoms with Gasteiger partial charge in [-0.1, -0.05) is 0 Å². The second kappa shape index (κ2) is 8.70. The maximum Gasteiger partial charge on any atom is 0.129 e. The van der Waals surface area contributed by atoms with Crippen LogP contribution in [-0.4, -0.2) is 93.7 Å². The summed E-state index contributed by atoms with van der Waals surface area (Å²) in [6, 6.07) is 0. The number of aliphatic hydroxyl groups excluding tert-OH is 4. The molecule has 8 nitrogen and oxygen atoms in total. The first kappa shape index (κ1) is 19.2. The van der Waals surface area contributed by atoms with Gasteiger partial charge >= 0.3 is 0 Å². The third-order valence-corrected chi connectivity index (χ3v) is 3.42. The molecule has 1 rings (SSSR count). The summed E-state index contributed by atoms with van der Waals surface area (Å²) in [5, 5.41) is 56.9. The van der Waals surface area contributed by atoms with E-state index in [1.54, 1.807) is 0 Å². The lowest BCUT2D eigenvalue weighted by Crippen LogP contribution is -2.50. The fourth-order valence-electron chi connectivity index (χ4n) is 2.13. The van der Waals surface area contributed by atoms with Crippen molar-refractivity contribution in [1.29, 1.82) is 0 Å². The van der Waals surface area contributed by atoms with Crippen LogP contribution in [0.5, 0.6) is 0 Å². The molecule has 8 heteroatoms. The molecule has 0 spiro atoms. The fourth-order valence-corrected chi connectivity index (χ4v) is 2.13. The predicted molar refractivity (Wildman–Crippen MR) is 76.0 cm³/mol. The van der Waals surface area contributed by atoms with Crippen LogP contribution in [0.2, 0.25) is 0 Å². The number of aliphatic hydroxyl groups is 6. The Hall–Kier alpha value is -0.840. The lowest BCUT2D eigenvalue weighted by atomic mass is 9.83. The molecule has 6 N–H and O–H groups in total. The zero-order valence-electron chi connectivity index (χ0n) is 12.2. The molecule has 2 atom stereocenters. The molecule has 22 heavy (non-hydrogen) atoms. The van der Waals surface area contributed by atoms with Gasteiger partial charge in [0.2, 0.25) is 0 Å². The quantitative estimate of drug-likeness (QED) is 0.239. The van der Waals surface area contributed by atoms with E-state index in [0.29, 0.717) is 0 Å². The highest BCUT2D eigenvalue weighted by atomic mass is 16.5. The molecule has 0 bridgehead atoms. The molecule has 1 aliphatic carbocycles. The summed E-state index contributed by atoms with van der Waals surface area (Å²) in [4.78, 5) is 0. The van der Waals surface area contributed by atoms with E-state index in [1.807, 2.05) is 0 Å². The molecule has 0 aliphatic heterocycles. The highest BCUT2D eigenvalue weighted by molar-refractivity contribution is 5.32. The van der Waals surface area contributed by atoms with Crippen LogP contribution in [-0.2, 0) is 9.47 Å². The van der Waals surface area contributed by atoms with Crippen LogP contribution in [0, 0.1) is 0 Å². The van der Waals surface area contributed by atoms with Crippen molar-refractivity contribution in [2.24, 2.45) is 0 Å². The monoisotopic (exact) mass is 320 g/mol. The van der Waals surface area contributed by atoms with Gasteiger partial charge in [0.25, 0.3) is 0 Å². The first-order chi connectivity index (χ1) is 10.5. The summed E-state index contributed by atoms with van der Waals surface area (Å²) in [6.07, 6.45) is 2.91. The zero-order valence-corrected chi connectivity index (χ0v) is 12.2. The Balaban J connectivity index is 2.83. The van der Waals surface area contributed by atoms with Crippen LogP contribution in [0.25, 0.3) is 0 Å². The third-order valence-electron chi connectivity index (χ3n) is 3.42. The molecular formula is C14H24O8. The van der Waals surface area contributed by atoms with Gasteiger partial charge in [0.15, 0.2) is 0 Å². The van der Waals surface area contributed by atoms with Crippen LogP contribution in [0.3, 0.4) is 0 Å². The molecule has 1 aliphatic rings. The maximum absolute atomic E-state index is 10.4. The van der Waals surface area contributed by atoms with Crippen molar-refractivity contribution in [1.82, 2.24) is 0 Å². The Morgan fingerprint density at radius 1 is 0.682 bits per heavy atom. The molecular weight excluding hydrogens is 296 g/mol. The number of hydrogen-bond donors (Lipinski definition) is 6. The summed E-state index contributed by atoms with van der Waals surface area (Å²) in [6.45, 7) is -1.62. The van der Waals surface area contributed by atoms with Gasteiger partial charge in [-0.3, -0.25) is 0 Å². The molecule has 0 fully saturated rings.